The Bertz CT molecular complexity index is 2950. The number of hydrogen-bond donors (Lipinski definition) is 0. The summed E-state index contributed by atoms with van der Waals surface area (Å²) in [6.07, 6.45) is 0. The molecule has 0 fully saturated rings. The van der Waals surface area contributed by atoms with Crippen molar-refractivity contribution in [2.24, 2.45) is 0 Å². The van der Waals surface area contributed by atoms with Crippen LogP contribution in [0.25, 0.3) is 76.8 Å². The van der Waals surface area contributed by atoms with E-state index < -0.39 is 0 Å². The number of para-hydroxylation sites is 1. The van der Waals surface area contributed by atoms with Crippen LogP contribution in [0.2, 0.25) is 0 Å². The molecule has 0 amide bonds. The van der Waals surface area contributed by atoms with Crippen LogP contribution in [-0.4, -0.2) is 0 Å². The molecule has 0 radical (unpaired) electrons. The SMILES string of the molecule is c1ccc(-c2ccc(-c3ccccc3N(c3ccc(-c4cccc5ccccc45)cc3)c3cccc(-c4cccc5c4ccc4ccccc45)c3)cc2)cc1. The lowest BCUT2D eigenvalue weighted by molar-refractivity contribution is 1.28. The third-order valence-electron chi connectivity index (χ3n) is 10.9. The number of hydrogen-bond acceptors (Lipinski definition) is 1. The van der Waals surface area contributed by atoms with Gasteiger partial charge in [-0.3, -0.25) is 0 Å². The first-order valence-corrected chi connectivity index (χ1v) is 18.9. The first-order chi connectivity index (χ1) is 27.3. The summed E-state index contributed by atoms with van der Waals surface area (Å²) >= 11 is 0. The Morgan fingerprint density at radius 2 is 0.745 bits per heavy atom. The summed E-state index contributed by atoms with van der Waals surface area (Å²) < 4.78 is 0. The van der Waals surface area contributed by atoms with Crippen LogP contribution in [-0.2, 0) is 0 Å². The summed E-state index contributed by atoms with van der Waals surface area (Å²) in [5.74, 6) is 0. The number of fused-ring (bicyclic) bond motifs is 4. The minimum Gasteiger partial charge on any atom is -0.310 e. The van der Waals surface area contributed by atoms with E-state index in [1.54, 1.807) is 0 Å². The normalized spacial score (nSPS) is 11.3. The molecule has 0 unspecified atom stereocenters. The molecular formula is C54H37N. The lowest BCUT2D eigenvalue weighted by Gasteiger charge is -2.28. The van der Waals surface area contributed by atoms with E-state index in [9.17, 15) is 0 Å². The van der Waals surface area contributed by atoms with Crippen molar-refractivity contribution in [3.63, 3.8) is 0 Å². The van der Waals surface area contributed by atoms with Crippen molar-refractivity contribution in [2.45, 2.75) is 0 Å². The molecule has 0 aliphatic heterocycles. The smallest absolute Gasteiger partial charge is 0.0540 e. The summed E-state index contributed by atoms with van der Waals surface area (Å²) in [5.41, 5.74) is 12.9. The molecule has 0 aliphatic carbocycles. The van der Waals surface area contributed by atoms with E-state index in [0.717, 1.165) is 17.1 Å². The average Bonchev–Trinajstić information content (AvgIpc) is 3.27. The maximum absolute atomic E-state index is 2.41. The van der Waals surface area contributed by atoms with Crippen LogP contribution in [0, 0.1) is 0 Å². The second-order valence-corrected chi connectivity index (χ2v) is 14.1. The highest BCUT2D eigenvalue weighted by Crippen LogP contribution is 2.44. The molecule has 10 rings (SSSR count). The van der Waals surface area contributed by atoms with E-state index in [1.807, 2.05) is 0 Å². The third kappa shape index (κ3) is 6.02. The van der Waals surface area contributed by atoms with E-state index >= 15 is 0 Å². The molecule has 0 N–H and O–H groups in total. The maximum Gasteiger partial charge on any atom is 0.0540 e. The van der Waals surface area contributed by atoms with Crippen LogP contribution in [0.1, 0.15) is 0 Å². The predicted molar refractivity (Wildman–Crippen MR) is 235 cm³/mol. The highest BCUT2D eigenvalue weighted by atomic mass is 15.1. The van der Waals surface area contributed by atoms with Crippen molar-refractivity contribution in [2.75, 3.05) is 4.90 Å². The van der Waals surface area contributed by atoms with Gasteiger partial charge in [-0.05, 0) is 102 Å². The predicted octanol–water partition coefficient (Wildman–Crippen LogP) is 15.3. The van der Waals surface area contributed by atoms with Gasteiger partial charge in [0, 0.05) is 16.9 Å². The van der Waals surface area contributed by atoms with Gasteiger partial charge in [0.25, 0.3) is 0 Å². The highest BCUT2D eigenvalue weighted by Gasteiger charge is 2.19. The van der Waals surface area contributed by atoms with Crippen molar-refractivity contribution in [3.8, 4) is 44.5 Å². The van der Waals surface area contributed by atoms with Crippen molar-refractivity contribution in [1.29, 1.82) is 0 Å². The minimum absolute atomic E-state index is 1.10. The Kier molecular flexibility index (Phi) is 8.24. The molecule has 1 heteroatoms. The fourth-order valence-corrected chi connectivity index (χ4v) is 8.18. The van der Waals surface area contributed by atoms with Crippen molar-refractivity contribution < 1.29 is 0 Å². The minimum atomic E-state index is 1.10. The Morgan fingerprint density at radius 1 is 0.236 bits per heavy atom. The van der Waals surface area contributed by atoms with E-state index in [2.05, 4.69) is 229 Å². The lowest BCUT2D eigenvalue weighted by atomic mass is 9.94. The molecule has 1 nitrogen and oxygen atoms in total. The Labute approximate surface area is 322 Å². The molecular weight excluding hydrogens is 663 g/mol. The van der Waals surface area contributed by atoms with Crippen LogP contribution in [0.5, 0.6) is 0 Å². The number of anilines is 3. The molecule has 10 aromatic carbocycles. The summed E-state index contributed by atoms with van der Waals surface area (Å²) in [6.45, 7) is 0. The Morgan fingerprint density at radius 3 is 1.56 bits per heavy atom. The molecule has 0 atom stereocenters. The second-order valence-electron chi connectivity index (χ2n) is 14.1. The van der Waals surface area contributed by atoms with Gasteiger partial charge in [-0.15, -0.1) is 0 Å². The molecule has 0 aliphatic rings. The van der Waals surface area contributed by atoms with Crippen LogP contribution in [0.4, 0.5) is 17.1 Å². The van der Waals surface area contributed by atoms with Gasteiger partial charge < -0.3 is 4.90 Å². The molecule has 258 valence electrons. The van der Waals surface area contributed by atoms with Crippen molar-refractivity contribution in [3.05, 3.63) is 224 Å². The van der Waals surface area contributed by atoms with E-state index in [1.165, 1.54) is 76.8 Å². The molecule has 0 bridgehead atoms. The quantitative estimate of drug-likeness (QED) is 0.150. The van der Waals surface area contributed by atoms with Gasteiger partial charge in [0.15, 0.2) is 0 Å². The zero-order valence-corrected chi connectivity index (χ0v) is 30.3. The zero-order chi connectivity index (χ0) is 36.6. The molecule has 0 heterocycles. The molecule has 55 heavy (non-hydrogen) atoms. The largest absolute Gasteiger partial charge is 0.310 e. The topological polar surface area (TPSA) is 3.24 Å². The average molecular weight is 700 g/mol. The number of benzene rings is 10. The summed E-state index contributed by atoms with van der Waals surface area (Å²) in [4.78, 5) is 2.41. The van der Waals surface area contributed by atoms with Crippen LogP contribution >= 0.6 is 0 Å². The first kappa shape index (κ1) is 32.4. The van der Waals surface area contributed by atoms with Crippen LogP contribution in [0.3, 0.4) is 0 Å². The Hall–Kier alpha value is -7.22. The second kappa shape index (κ2) is 14.0. The van der Waals surface area contributed by atoms with Gasteiger partial charge >= 0.3 is 0 Å². The number of nitrogens with zero attached hydrogens (tertiary/aromatic N) is 1. The van der Waals surface area contributed by atoms with Gasteiger partial charge in [0.1, 0.15) is 0 Å². The third-order valence-corrected chi connectivity index (χ3v) is 10.9. The van der Waals surface area contributed by atoms with Crippen LogP contribution in [0.15, 0.2) is 224 Å². The lowest BCUT2D eigenvalue weighted by Crippen LogP contribution is -2.11. The highest BCUT2D eigenvalue weighted by molar-refractivity contribution is 6.12. The fraction of sp³-hybridized carbons (Fsp3) is 0. The maximum atomic E-state index is 2.41. The monoisotopic (exact) mass is 699 g/mol. The molecule has 0 spiro atoms. The van der Waals surface area contributed by atoms with E-state index in [0.29, 0.717) is 0 Å². The summed E-state index contributed by atoms with van der Waals surface area (Å²) in [6, 6.07) is 81.4. The molecule has 0 saturated heterocycles. The van der Waals surface area contributed by atoms with Crippen LogP contribution < -0.4 is 4.90 Å². The summed E-state index contributed by atoms with van der Waals surface area (Å²) in [5, 5.41) is 7.56. The molecule has 0 aromatic heterocycles. The first-order valence-electron chi connectivity index (χ1n) is 18.9. The van der Waals surface area contributed by atoms with Gasteiger partial charge in [0.05, 0.1) is 5.69 Å². The molecule has 0 saturated carbocycles. The number of rotatable bonds is 7. The van der Waals surface area contributed by atoms with Gasteiger partial charge in [-0.1, -0.05) is 194 Å². The van der Waals surface area contributed by atoms with E-state index in [4.69, 9.17) is 0 Å². The van der Waals surface area contributed by atoms with Gasteiger partial charge in [-0.2, -0.15) is 0 Å². The fourth-order valence-electron chi connectivity index (χ4n) is 8.18. The van der Waals surface area contributed by atoms with Crippen molar-refractivity contribution >= 4 is 49.4 Å². The Balaban J connectivity index is 1.12. The summed E-state index contributed by atoms with van der Waals surface area (Å²) in [7, 11) is 0. The van der Waals surface area contributed by atoms with Gasteiger partial charge in [-0.25, -0.2) is 0 Å². The van der Waals surface area contributed by atoms with E-state index in [-0.39, 0.29) is 0 Å². The zero-order valence-electron chi connectivity index (χ0n) is 30.3. The standard InChI is InChI=1S/C54H37N/c1-2-13-38(14-3-1)39-27-29-43(30-28-39)51-22-8-9-26-54(51)55(45-34-31-42(32-35-45)48-23-11-17-40-15-4-6-20-47(40)48)46-19-10-18-44(37-46)50-24-12-25-52-49-21-7-5-16-41(49)33-36-53(50)52/h1-37H. The van der Waals surface area contributed by atoms with Gasteiger partial charge in [0.2, 0.25) is 0 Å². The molecule has 10 aromatic rings. The van der Waals surface area contributed by atoms with Crippen molar-refractivity contribution in [1.82, 2.24) is 0 Å².